The van der Waals surface area contributed by atoms with E-state index in [1.165, 1.54) is 12.1 Å². The van der Waals surface area contributed by atoms with Crippen LogP contribution >= 0.6 is 0 Å². The van der Waals surface area contributed by atoms with Crippen LogP contribution in [-0.4, -0.2) is 6.04 Å². The average molecular weight is 338 g/mol. The van der Waals surface area contributed by atoms with E-state index in [4.69, 9.17) is 0 Å². The van der Waals surface area contributed by atoms with Crippen molar-refractivity contribution in [1.29, 1.82) is 0 Å². The van der Waals surface area contributed by atoms with Crippen molar-refractivity contribution >= 4 is 6.04 Å². The monoisotopic (exact) mass is 338 g/mol. The molecule has 0 aliphatic carbocycles. The molecule has 0 atom stereocenters. The molecule has 0 amide bonds. The third-order valence-corrected chi connectivity index (χ3v) is 3.85. The van der Waals surface area contributed by atoms with Gasteiger partial charge in [0.2, 0.25) is 0 Å². The van der Waals surface area contributed by atoms with Crippen molar-refractivity contribution in [2.75, 3.05) is 0 Å². The number of benzene rings is 2. The molecule has 0 saturated carbocycles. The van der Waals surface area contributed by atoms with Gasteiger partial charge in [-0.05, 0) is 48.4 Å². The second-order valence-electron chi connectivity index (χ2n) is 5.71. The van der Waals surface area contributed by atoms with Gasteiger partial charge in [-0.25, -0.2) is 0 Å². The number of carbonyl (C=O) groups is 1. The Morgan fingerprint density at radius 2 is 1.42 bits per heavy atom. The van der Waals surface area contributed by atoms with Gasteiger partial charge in [-0.2, -0.15) is 17.6 Å². The van der Waals surface area contributed by atoms with E-state index in [1.807, 2.05) is 12.1 Å². The fourth-order valence-electron chi connectivity index (χ4n) is 2.64. The third kappa shape index (κ3) is 5.48. The SMILES string of the molecule is O=C(F)Cc1ccc(CCCCc2ccccc2C(F)(F)F)cc1. The fourth-order valence-corrected chi connectivity index (χ4v) is 2.64. The summed E-state index contributed by atoms with van der Waals surface area (Å²) >= 11 is 0. The highest BCUT2D eigenvalue weighted by atomic mass is 19.4. The number of aryl methyl sites for hydroxylation is 2. The van der Waals surface area contributed by atoms with E-state index in [-0.39, 0.29) is 6.42 Å². The molecule has 0 aliphatic rings. The number of rotatable bonds is 7. The minimum Gasteiger partial charge on any atom is -0.261 e. The van der Waals surface area contributed by atoms with Crippen LogP contribution in [0.4, 0.5) is 17.6 Å². The molecule has 24 heavy (non-hydrogen) atoms. The van der Waals surface area contributed by atoms with Crippen LogP contribution in [-0.2, 0) is 30.2 Å². The Balaban J connectivity index is 1.84. The molecule has 0 aromatic heterocycles. The van der Waals surface area contributed by atoms with E-state index in [9.17, 15) is 22.4 Å². The first-order chi connectivity index (χ1) is 11.4. The Bertz CT molecular complexity index is 675. The molecule has 128 valence electrons. The largest absolute Gasteiger partial charge is 0.416 e. The van der Waals surface area contributed by atoms with E-state index >= 15 is 0 Å². The van der Waals surface area contributed by atoms with Crippen LogP contribution in [0.15, 0.2) is 48.5 Å². The molecule has 0 unspecified atom stereocenters. The Labute approximate surface area is 138 Å². The third-order valence-electron chi connectivity index (χ3n) is 3.85. The first-order valence-electron chi connectivity index (χ1n) is 7.77. The molecule has 0 aliphatic heterocycles. The van der Waals surface area contributed by atoms with Gasteiger partial charge in [-0.15, -0.1) is 0 Å². The molecule has 1 nitrogen and oxygen atoms in total. The minimum atomic E-state index is -4.32. The summed E-state index contributed by atoms with van der Waals surface area (Å²) in [6.45, 7) is 0. The van der Waals surface area contributed by atoms with E-state index in [2.05, 4.69) is 0 Å². The quantitative estimate of drug-likeness (QED) is 0.380. The van der Waals surface area contributed by atoms with Crippen molar-refractivity contribution in [3.63, 3.8) is 0 Å². The zero-order valence-corrected chi connectivity index (χ0v) is 13.1. The normalized spacial score (nSPS) is 11.5. The van der Waals surface area contributed by atoms with Gasteiger partial charge in [-0.3, -0.25) is 4.79 Å². The molecule has 0 bridgehead atoms. The van der Waals surface area contributed by atoms with Crippen molar-refractivity contribution in [3.05, 3.63) is 70.8 Å². The minimum absolute atomic E-state index is 0.228. The number of hydrogen-bond acceptors (Lipinski definition) is 1. The van der Waals surface area contributed by atoms with Crippen molar-refractivity contribution in [2.45, 2.75) is 38.3 Å². The van der Waals surface area contributed by atoms with E-state index in [1.54, 1.807) is 18.2 Å². The average Bonchev–Trinajstić information content (AvgIpc) is 2.52. The topological polar surface area (TPSA) is 17.1 Å². The van der Waals surface area contributed by atoms with E-state index in [0.717, 1.165) is 24.5 Å². The van der Waals surface area contributed by atoms with Gasteiger partial charge in [0.25, 0.3) is 0 Å². The van der Waals surface area contributed by atoms with Crippen LogP contribution in [0, 0.1) is 0 Å². The van der Waals surface area contributed by atoms with Gasteiger partial charge in [0.05, 0.1) is 12.0 Å². The smallest absolute Gasteiger partial charge is 0.261 e. The lowest BCUT2D eigenvalue weighted by molar-refractivity contribution is -0.138. The lowest BCUT2D eigenvalue weighted by Crippen LogP contribution is -2.09. The highest BCUT2D eigenvalue weighted by Gasteiger charge is 2.32. The highest BCUT2D eigenvalue weighted by molar-refractivity contribution is 5.71. The molecule has 0 fully saturated rings. The standard InChI is InChI=1S/C19H18F4O/c20-18(24)13-15-11-9-14(10-12-15)5-1-2-6-16-7-3-4-8-17(16)19(21,22)23/h3-4,7-12H,1-2,5-6,13H2. The molecule has 0 radical (unpaired) electrons. The van der Waals surface area contributed by atoms with Gasteiger partial charge in [0.15, 0.2) is 0 Å². The van der Waals surface area contributed by atoms with Crippen LogP contribution < -0.4 is 0 Å². The number of halogens is 4. The number of hydrogen-bond donors (Lipinski definition) is 0. The molecule has 2 aromatic rings. The summed E-state index contributed by atoms with van der Waals surface area (Å²) in [5.74, 6) is 0. The number of alkyl halides is 3. The summed E-state index contributed by atoms with van der Waals surface area (Å²) in [4.78, 5) is 10.4. The van der Waals surface area contributed by atoms with E-state index < -0.39 is 17.8 Å². The van der Waals surface area contributed by atoms with E-state index in [0.29, 0.717) is 24.0 Å². The van der Waals surface area contributed by atoms with Crippen molar-refractivity contribution in [1.82, 2.24) is 0 Å². The second kappa shape index (κ2) is 8.08. The molecule has 0 N–H and O–H groups in total. The first-order valence-corrected chi connectivity index (χ1v) is 7.77. The maximum atomic E-state index is 12.9. The van der Waals surface area contributed by atoms with Gasteiger partial charge in [0, 0.05) is 0 Å². The zero-order valence-electron chi connectivity index (χ0n) is 13.1. The summed E-state index contributed by atoms with van der Waals surface area (Å²) in [5, 5.41) is 0. The van der Waals surface area contributed by atoms with Gasteiger partial charge in [0.1, 0.15) is 0 Å². The molecule has 2 aromatic carbocycles. The van der Waals surface area contributed by atoms with Gasteiger partial charge < -0.3 is 0 Å². The van der Waals surface area contributed by atoms with Crippen molar-refractivity contribution in [2.24, 2.45) is 0 Å². The molecule has 2 rings (SSSR count). The summed E-state index contributed by atoms with van der Waals surface area (Å²) in [6, 6.07) is 11.3. The lowest BCUT2D eigenvalue weighted by atomic mass is 9.99. The summed E-state index contributed by atoms with van der Waals surface area (Å²) in [6.07, 6.45) is -2.03. The Kier molecular flexibility index (Phi) is 6.12. The predicted octanol–water partition coefficient (Wildman–Crippen LogP) is 5.31. The van der Waals surface area contributed by atoms with Crippen LogP contribution in [0.25, 0.3) is 0 Å². The number of carbonyl (C=O) groups excluding carboxylic acids is 1. The molecule has 0 spiro atoms. The maximum absolute atomic E-state index is 12.9. The predicted molar refractivity (Wildman–Crippen MR) is 84.3 cm³/mol. The summed E-state index contributed by atoms with van der Waals surface area (Å²) < 4.78 is 51.0. The summed E-state index contributed by atoms with van der Waals surface area (Å²) in [5.41, 5.74) is 1.39. The van der Waals surface area contributed by atoms with Crippen molar-refractivity contribution < 1.29 is 22.4 Å². The molecule has 0 saturated heterocycles. The highest BCUT2D eigenvalue weighted by Crippen LogP contribution is 2.32. The van der Waals surface area contributed by atoms with Crippen LogP contribution in [0.5, 0.6) is 0 Å². The molecular weight excluding hydrogens is 320 g/mol. The second-order valence-corrected chi connectivity index (χ2v) is 5.71. The van der Waals surface area contributed by atoms with Gasteiger partial charge in [-0.1, -0.05) is 42.5 Å². The fraction of sp³-hybridized carbons (Fsp3) is 0.316. The Morgan fingerprint density at radius 1 is 0.833 bits per heavy atom. The first kappa shape index (κ1) is 18.2. The molecule has 5 heteroatoms. The Hall–Kier alpha value is -2.17. The molecule has 0 heterocycles. The van der Waals surface area contributed by atoms with Crippen LogP contribution in [0.3, 0.4) is 0 Å². The van der Waals surface area contributed by atoms with Gasteiger partial charge >= 0.3 is 12.2 Å². The summed E-state index contributed by atoms with van der Waals surface area (Å²) in [7, 11) is 0. The van der Waals surface area contributed by atoms with Crippen LogP contribution in [0.1, 0.15) is 35.1 Å². The Morgan fingerprint density at radius 3 is 2.04 bits per heavy atom. The zero-order chi connectivity index (χ0) is 17.6. The number of unbranched alkanes of at least 4 members (excludes halogenated alkanes) is 1. The maximum Gasteiger partial charge on any atom is 0.416 e. The van der Waals surface area contributed by atoms with Crippen LogP contribution in [0.2, 0.25) is 0 Å². The molecular formula is C19H18F4O. The lowest BCUT2D eigenvalue weighted by Gasteiger charge is -2.12. The van der Waals surface area contributed by atoms with Crippen molar-refractivity contribution in [3.8, 4) is 0 Å².